The van der Waals surface area contributed by atoms with Gasteiger partial charge in [0.05, 0.1) is 26.9 Å². The molecule has 1 heterocycles. The molecule has 1 aromatic carbocycles. The second-order valence-electron chi connectivity index (χ2n) is 5.58. The van der Waals surface area contributed by atoms with Crippen molar-refractivity contribution in [3.63, 3.8) is 0 Å². The Bertz CT molecular complexity index is 1030. The molecule has 0 radical (unpaired) electrons. The number of rotatable bonds is 5. The van der Waals surface area contributed by atoms with Crippen molar-refractivity contribution in [2.24, 2.45) is 0 Å². The topological polar surface area (TPSA) is 111 Å². The van der Waals surface area contributed by atoms with Crippen LogP contribution in [0, 0.1) is 20.2 Å². The van der Waals surface area contributed by atoms with Crippen LogP contribution in [0.5, 0.6) is 0 Å². The van der Waals surface area contributed by atoms with E-state index in [4.69, 9.17) is 23.2 Å². The first-order valence-corrected chi connectivity index (χ1v) is 8.08. The molecule has 1 aromatic heterocycles. The van der Waals surface area contributed by atoms with E-state index >= 15 is 0 Å². The Morgan fingerprint density at radius 1 is 1.03 bits per heavy atom. The normalized spacial score (nSPS) is 12.0. The molecule has 0 amide bonds. The van der Waals surface area contributed by atoms with Crippen LogP contribution in [0.2, 0.25) is 10.0 Å². The number of nitrogens with one attached hydrogen (secondary N) is 1. The number of nitro groups is 2. The highest BCUT2D eigenvalue weighted by Crippen LogP contribution is 2.45. The van der Waals surface area contributed by atoms with Crippen molar-refractivity contribution < 1.29 is 36.2 Å². The summed E-state index contributed by atoms with van der Waals surface area (Å²) in [5.41, 5.74) is -5.72. The third-order valence-corrected chi connectivity index (χ3v) is 4.19. The summed E-state index contributed by atoms with van der Waals surface area (Å²) < 4.78 is 76.1. The molecule has 16 heteroatoms. The fourth-order valence-corrected chi connectivity index (χ4v) is 2.77. The summed E-state index contributed by atoms with van der Waals surface area (Å²) in [6.45, 7) is 0. The third-order valence-electron chi connectivity index (χ3n) is 3.48. The van der Waals surface area contributed by atoms with Crippen LogP contribution in [-0.2, 0) is 12.6 Å². The molecule has 0 saturated heterocycles. The minimum Gasteiger partial charge on any atom is -0.328 e. The molecule has 1 N–H and O–H groups in total. The highest BCUT2D eigenvalue weighted by atomic mass is 35.5. The molecule has 8 nitrogen and oxygen atoms in total. The lowest BCUT2D eigenvalue weighted by atomic mass is 10.1. The van der Waals surface area contributed by atoms with E-state index in [1.165, 1.54) is 0 Å². The smallest absolute Gasteiger partial charge is 0.328 e. The molecule has 30 heavy (non-hydrogen) atoms. The summed E-state index contributed by atoms with van der Waals surface area (Å²) in [5.74, 6) is -0.657. The monoisotopic (exact) mass is 478 g/mol. The van der Waals surface area contributed by atoms with Gasteiger partial charge in [-0.1, -0.05) is 23.2 Å². The van der Waals surface area contributed by atoms with Crippen molar-refractivity contribution in [2.75, 3.05) is 5.32 Å². The lowest BCUT2D eigenvalue weighted by Gasteiger charge is -2.14. The summed E-state index contributed by atoms with van der Waals surface area (Å²) in [5, 5.41) is 22.9. The molecule has 0 atom stereocenters. The van der Waals surface area contributed by atoms with Crippen molar-refractivity contribution in [1.82, 2.24) is 4.98 Å². The van der Waals surface area contributed by atoms with Gasteiger partial charge in [0.1, 0.15) is 10.8 Å². The van der Waals surface area contributed by atoms with E-state index in [0.29, 0.717) is 18.3 Å². The van der Waals surface area contributed by atoms with Gasteiger partial charge in [-0.2, -0.15) is 26.3 Å². The molecule has 2 rings (SSSR count). The van der Waals surface area contributed by atoms with Crippen LogP contribution in [0.4, 0.5) is 49.2 Å². The van der Waals surface area contributed by atoms with E-state index in [-0.39, 0.29) is 0 Å². The largest absolute Gasteiger partial charge is 0.417 e. The lowest BCUT2D eigenvalue weighted by molar-refractivity contribution is -0.392. The van der Waals surface area contributed by atoms with Gasteiger partial charge in [-0.3, -0.25) is 20.2 Å². The average molecular weight is 479 g/mol. The quantitative estimate of drug-likeness (QED) is 0.317. The van der Waals surface area contributed by atoms with Crippen LogP contribution >= 0.6 is 23.2 Å². The van der Waals surface area contributed by atoms with Gasteiger partial charge in [-0.15, -0.1) is 0 Å². The molecular weight excluding hydrogens is 473 g/mol. The van der Waals surface area contributed by atoms with Gasteiger partial charge in [0.15, 0.2) is 5.69 Å². The van der Waals surface area contributed by atoms with E-state index in [1.54, 1.807) is 0 Å². The van der Waals surface area contributed by atoms with Crippen molar-refractivity contribution in [3.8, 4) is 0 Å². The Morgan fingerprint density at radius 3 is 2.07 bits per heavy atom. The number of pyridine rings is 1. The van der Waals surface area contributed by atoms with E-state index in [0.717, 1.165) is 0 Å². The molecule has 0 fully saturated rings. The highest BCUT2D eigenvalue weighted by molar-refractivity contribution is 6.35. The fourth-order valence-electron chi connectivity index (χ4n) is 2.27. The number of halogens is 8. The minimum atomic E-state index is -4.89. The summed E-state index contributed by atoms with van der Waals surface area (Å²) in [6.07, 6.45) is -11.2. The molecule has 2 aromatic rings. The Hall–Kier alpha value is -2.87. The van der Waals surface area contributed by atoms with Crippen molar-refractivity contribution in [1.29, 1.82) is 0 Å². The molecule has 0 aliphatic heterocycles. The van der Waals surface area contributed by atoms with E-state index in [1.807, 2.05) is 5.32 Å². The second-order valence-corrected chi connectivity index (χ2v) is 6.36. The van der Waals surface area contributed by atoms with Crippen LogP contribution in [0.25, 0.3) is 0 Å². The molecular formula is C14H6Cl2F6N4O4. The molecule has 0 aliphatic rings. The zero-order chi connectivity index (χ0) is 23.0. The Morgan fingerprint density at radius 2 is 1.63 bits per heavy atom. The van der Waals surface area contributed by atoms with Gasteiger partial charge in [-0.25, -0.2) is 4.98 Å². The van der Waals surface area contributed by atoms with Crippen molar-refractivity contribution >= 4 is 46.1 Å². The molecule has 0 bridgehead atoms. The van der Waals surface area contributed by atoms with Crippen LogP contribution < -0.4 is 5.32 Å². The number of nitrogens with zero attached hydrogens (tertiary/aromatic N) is 3. The lowest BCUT2D eigenvalue weighted by Crippen LogP contribution is -2.14. The van der Waals surface area contributed by atoms with Gasteiger partial charge >= 0.3 is 18.0 Å². The number of alkyl halides is 6. The number of nitro benzene ring substituents is 2. The SMILES string of the molecule is O=[N+]([O-])c1cc(CC(F)(F)F)c(Cl)c([N+](=O)[O-])c1Nc1ncc(C(F)(F)F)cc1Cl. The Labute approximate surface area is 171 Å². The third kappa shape index (κ3) is 5.18. The van der Waals surface area contributed by atoms with E-state index in [2.05, 4.69) is 4.98 Å². The highest BCUT2D eigenvalue weighted by Gasteiger charge is 2.37. The number of benzene rings is 1. The maximum absolute atomic E-state index is 12.7. The molecule has 0 unspecified atom stereocenters. The molecule has 0 aliphatic carbocycles. The average Bonchev–Trinajstić information content (AvgIpc) is 2.56. The summed E-state index contributed by atoms with van der Waals surface area (Å²) in [7, 11) is 0. The van der Waals surface area contributed by atoms with Crippen molar-refractivity contribution in [2.45, 2.75) is 18.8 Å². The van der Waals surface area contributed by atoms with Crippen LogP contribution in [0.3, 0.4) is 0 Å². The second kappa shape index (κ2) is 8.10. The number of hydrogen-bond acceptors (Lipinski definition) is 6. The fraction of sp³-hybridized carbons (Fsp3) is 0.214. The zero-order valence-electron chi connectivity index (χ0n) is 13.9. The first kappa shape index (κ1) is 23.4. The van der Waals surface area contributed by atoms with Crippen molar-refractivity contribution in [3.05, 3.63) is 59.7 Å². The first-order chi connectivity index (χ1) is 13.6. The van der Waals surface area contributed by atoms with Crippen LogP contribution in [-0.4, -0.2) is 21.0 Å². The Kier molecular flexibility index (Phi) is 6.32. The van der Waals surface area contributed by atoms with Gasteiger partial charge in [0.25, 0.3) is 5.69 Å². The van der Waals surface area contributed by atoms with Gasteiger partial charge in [-0.05, 0) is 11.6 Å². The zero-order valence-corrected chi connectivity index (χ0v) is 15.4. The number of hydrogen-bond donors (Lipinski definition) is 1. The standard InChI is InChI=1S/C14H6Cl2F6N4O4/c15-7-2-6(14(20,21)22)4-23-12(7)24-10-8(25(27)28)1-5(3-13(17,18)19)9(16)11(10)26(29)30/h1-2,4H,3H2,(H,23,24). The summed E-state index contributed by atoms with van der Waals surface area (Å²) in [6, 6.07) is 0.761. The maximum Gasteiger partial charge on any atom is 0.417 e. The van der Waals surface area contributed by atoms with Crippen LogP contribution in [0.15, 0.2) is 18.3 Å². The summed E-state index contributed by atoms with van der Waals surface area (Å²) >= 11 is 11.3. The van der Waals surface area contributed by atoms with E-state index < -0.39 is 72.7 Å². The van der Waals surface area contributed by atoms with Gasteiger partial charge < -0.3 is 5.32 Å². The van der Waals surface area contributed by atoms with Crippen LogP contribution in [0.1, 0.15) is 11.1 Å². The molecule has 162 valence electrons. The van der Waals surface area contributed by atoms with Gasteiger partial charge in [0.2, 0.25) is 0 Å². The minimum absolute atomic E-state index is 0.297. The maximum atomic E-state index is 12.7. The number of anilines is 2. The van der Waals surface area contributed by atoms with Gasteiger partial charge in [0, 0.05) is 12.3 Å². The predicted octanol–water partition coefficient (Wildman–Crippen LogP) is 6.07. The predicted molar refractivity (Wildman–Crippen MR) is 92.1 cm³/mol. The molecule has 0 spiro atoms. The first-order valence-electron chi connectivity index (χ1n) is 7.32. The molecule has 0 saturated carbocycles. The van der Waals surface area contributed by atoms with E-state index in [9.17, 15) is 46.6 Å². The Balaban J connectivity index is 2.69. The summed E-state index contributed by atoms with van der Waals surface area (Å²) in [4.78, 5) is 23.5. The number of aromatic nitrogens is 1.